The van der Waals surface area contributed by atoms with Crippen molar-refractivity contribution in [3.63, 3.8) is 0 Å². The first-order valence-corrected chi connectivity index (χ1v) is 12.5. The van der Waals surface area contributed by atoms with E-state index in [1.807, 2.05) is 70.6 Å². The summed E-state index contributed by atoms with van der Waals surface area (Å²) in [4.78, 5) is 28.0. The van der Waals surface area contributed by atoms with E-state index in [-0.39, 0.29) is 42.7 Å². The van der Waals surface area contributed by atoms with Gasteiger partial charge in [0.15, 0.2) is 0 Å². The zero-order valence-corrected chi connectivity index (χ0v) is 21.0. The molecule has 37 heavy (non-hydrogen) atoms. The predicted molar refractivity (Wildman–Crippen MR) is 140 cm³/mol. The van der Waals surface area contributed by atoms with Crippen LogP contribution in [0.15, 0.2) is 84.6 Å². The first-order chi connectivity index (χ1) is 18.1. The van der Waals surface area contributed by atoms with Gasteiger partial charge in [0.1, 0.15) is 12.2 Å². The van der Waals surface area contributed by atoms with Gasteiger partial charge in [0, 0.05) is 31.8 Å². The Bertz CT molecular complexity index is 1160. The number of esters is 1. The van der Waals surface area contributed by atoms with Crippen molar-refractivity contribution in [1.82, 2.24) is 21.0 Å². The minimum atomic E-state index is -0.542. The van der Waals surface area contributed by atoms with Crippen LogP contribution in [0.2, 0.25) is 0 Å². The molecule has 5 rings (SSSR count). The van der Waals surface area contributed by atoms with Crippen LogP contribution < -0.4 is 21.1 Å². The van der Waals surface area contributed by atoms with Crippen LogP contribution in [0.4, 0.5) is 10.5 Å². The lowest BCUT2D eigenvalue weighted by atomic mass is 9.94. The standard InChI is InChI=1S/C28H33N5O4/c1-36-18-25(27(34)37-2)32-16-22(19-10-5-3-6-11-19)24(17-32)29-28(35)30-26-21-14-9-15-23(21)31-33(26)20-12-7-4-8-13-20/h3-15,21-22,24-26,31H,16-18H2,1-2H3,(H2,29,30,35). The average molecular weight is 504 g/mol. The van der Waals surface area contributed by atoms with Crippen LogP contribution >= 0.6 is 0 Å². The van der Waals surface area contributed by atoms with Gasteiger partial charge in [-0.3, -0.25) is 20.1 Å². The Hall–Kier alpha value is -3.82. The predicted octanol–water partition coefficient (Wildman–Crippen LogP) is 2.36. The maximum atomic E-state index is 13.4. The number of anilines is 1. The molecule has 3 aliphatic rings. The second-order valence-electron chi connectivity index (χ2n) is 9.48. The van der Waals surface area contributed by atoms with Gasteiger partial charge in [0.2, 0.25) is 0 Å². The number of likely N-dealkylation sites (tertiary alicyclic amines) is 1. The van der Waals surface area contributed by atoms with E-state index in [2.05, 4.69) is 34.3 Å². The van der Waals surface area contributed by atoms with E-state index in [0.717, 1.165) is 16.9 Å². The van der Waals surface area contributed by atoms with Crippen LogP contribution in [-0.2, 0) is 14.3 Å². The Kier molecular flexibility index (Phi) is 7.43. The number of benzene rings is 2. The van der Waals surface area contributed by atoms with Crippen LogP contribution in [0.25, 0.3) is 0 Å². The molecular weight excluding hydrogens is 470 g/mol. The van der Waals surface area contributed by atoms with Crippen LogP contribution in [0, 0.1) is 5.92 Å². The third-order valence-electron chi connectivity index (χ3n) is 7.27. The number of hydrogen-bond donors (Lipinski definition) is 3. The first-order valence-electron chi connectivity index (χ1n) is 12.5. The number of rotatable bonds is 8. The van der Waals surface area contributed by atoms with E-state index in [0.29, 0.717) is 13.1 Å². The summed E-state index contributed by atoms with van der Waals surface area (Å²) in [6.07, 6.45) is 5.83. The summed E-state index contributed by atoms with van der Waals surface area (Å²) in [6.45, 7) is 1.31. The summed E-state index contributed by atoms with van der Waals surface area (Å²) in [7, 11) is 2.95. The van der Waals surface area contributed by atoms with Crippen molar-refractivity contribution in [3.8, 4) is 0 Å². The number of hydrazine groups is 1. The number of para-hydroxylation sites is 1. The van der Waals surface area contributed by atoms with Crippen LogP contribution in [0.5, 0.6) is 0 Å². The van der Waals surface area contributed by atoms with Gasteiger partial charge < -0.3 is 20.1 Å². The lowest BCUT2D eigenvalue weighted by molar-refractivity contribution is -0.148. The Morgan fingerprint density at radius 3 is 2.46 bits per heavy atom. The van der Waals surface area contributed by atoms with Crippen molar-refractivity contribution >= 4 is 17.7 Å². The van der Waals surface area contributed by atoms with Crippen molar-refractivity contribution in [2.24, 2.45) is 5.92 Å². The maximum absolute atomic E-state index is 13.4. The molecule has 2 fully saturated rings. The Labute approximate surface area is 217 Å². The molecule has 1 aliphatic carbocycles. The monoisotopic (exact) mass is 503 g/mol. The fourth-order valence-electron chi connectivity index (χ4n) is 5.45. The molecule has 0 bridgehead atoms. The van der Waals surface area contributed by atoms with Crippen molar-refractivity contribution in [3.05, 3.63) is 90.2 Å². The molecule has 9 nitrogen and oxygen atoms in total. The highest BCUT2D eigenvalue weighted by Crippen LogP contribution is 2.33. The fraction of sp³-hybridized carbons (Fsp3) is 0.357. The molecule has 5 atom stereocenters. The summed E-state index contributed by atoms with van der Waals surface area (Å²) in [5, 5.41) is 8.38. The smallest absolute Gasteiger partial charge is 0.325 e. The normalized spacial score (nSPS) is 25.2. The summed E-state index contributed by atoms with van der Waals surface area (Å²) < 4.78 is 10.3. The SMILES string of the molecule is COCC(C(=O)OC)N1CC(NC(=O)NC2C3C=CC=C3NN2c2ccccc2)C(c2ccccc2)C1. The molecule has 2 saturated heterocycles. The zero-order valence-electron chi connectivity index (χ0n) is 21.0. The van der Waals surface area contributed by atoms with Crippen LogP contribution in [0.3, 0.4) is 0 Å². The summed E-state index contributed by atoms with van der Waals surface area (Å²) in [5.41, 5.74) is 6.54. The van der Waals surface area contributed by atoms with Crippen LogP contribution in [-0.4, -0.2) is 69.1 Å². The highest BCUT2D eigenvalue weighted by molar-refractivity contribution is 5.77. The summed E-state index contributed by atoms with van der Waals surface area (Å²) >= 11 is 0. The third kappa shape index (κ3) is 5.19. The third-order valence-corrected chi connectivity index (χ3v) is 7.27. The highest BCUT2D eigenvalue weighted by atomic mass is 16.5. The van der Waals surface area contributed by atoms with E-state index < -0.39 is 6.04 Å². The quantitative estimate of drug-likeness (QED) is 0.476. The zero-order chi connectivity index (χ0) is 25.8. The molecule has 9 heteroatoms. The average Bonchev–Trinajstić information content (AvgIpc) is 3.64. The number of nitrogens with zero attached hydrogens (tertiary/aromatic N) is 2. The number of urea groups is 1. The summed E-state index contributed by atoms with van der Waals surface area (Å²) in [5.74, 6) is -0.312. The van der Waals surface area contributed by atoms with Gasteiger partial charge in [-0.15, -0.1) is 0 Å². The largest absolute Gasteiger partial charge is 0.468 e. The topological polar surface area (TPSA) is 95.2 Å². The second-order valence-corrected chi connectivity index (χ2v) is 9.48. The number of fused-ring (bicyclic) bond motifs is 1. The minimum Gasteiger partial charge on any atom is -0.468 e. The number of allylic oxidation sites excluding steroid dienone is 2. The molecule has 2 aromatic rings. The van der Waals surface area contributed by atoms with Crippen LogP contribution in [0.1, 0.15) is 11.5 Å². The second kappa shape index (κ2) is 11.1. The lowest BCUT2D eigenvalue weighted by Crippen LogP contribution is -2.55. The van der Waals surface area contributed by atoms with Crippen molar-refractivity contribution in [2.75, 3.05) is 38.9 Å². The number of ether oxygens (including phenoxy) is 2. The Balaban J connectivity index is 1.34. The highest BCUT2D eigenvalue weighted by Gasteiger charge is 2.42. The molecule has 3 N–H and O–H groups in total. The number of methoxy groups -OCH3 is 2. The lowest BCUT2D eigenvalue weighted by Gasteiger charge is -2.29. The van der Waals surface area contributed by atoms with E-state index in [4.69, 9.17) is 9.47 Å². The van der Waals surface area contributed by atoms with Crippen molar-refractivity contribution in [1.29, 1.82) is 0 Å². The molecule has 0 radical (unpaired) electrons. The number of carbonyl (C=O) groups is 2. The molecule has 0 saturated carbocycles. The van der Waals surface area contributed by atoms with Gasteiger partial charge in [-0.25, -0.2) is 4.79 Å². The van der Waals surface area contributed by atoms with Gasteiger partial charge in [-0.05, 0) is 23.8 Å². The van der Waals surface area contributed by atoms with Gasteiger partial charge in [0.05, 0.1) is 31.4 Å². The summed E-state index contributed by atoms with van der Waals surface area (Å²) in [6, 6.07) is 19.0. The number of hydrogen-bond acceptors (Lipinski definition) is 7. The molecule has 0 aromatic heterocycles. The van der Waals surface area contributed by atoms with E-state index in [1.54, 1.807) is 7.11 Å². The van der Waals surface area contributed by atoms with Gasteiger partial charge in [-0.2, -0.15) is 0 Å². The molecule has 2 heterocycles. The van der Waals surface area contributed by atoms with E-state index in [1.165, 1.54) is 7.11 Å². The number of amides is 2. The van der Waals surface area contributed by atoms with Gasteiger partial charge in [-0.1, -0.05) is 60.7 Å². The Morgan fingerprint density at radius 2 is 1.76 bits per heavy atom. The van der Waals surface area contributed by atoms with E-state index >= 15 is 0 Å². The fourth-order valence-corrected chi connectivity index (χ4v) is 5.45. The Morgan fingerprint density at radius 1 is 1.03 bits per heavy atom. The number of carbonyl (C=O) groups excluding carboxylic acids is 2. The molecule has 2 aromatic carbocycles. The first kappa shape index (κ1) is 24.9. The molecule has 194 valence electrons. The van der Waals surface area contributed by atoms with Gasteiger partial charge in [0.25, 0.3) is 0 Å². The maximum Gasteiger partial charge on any atom is 0.325 e. The molecule has 5 unspecified atom stereocenters. The molecule has 2 aliphatic heterocycles. The molecule has 2 amide bonds. The number of nitrogens with one attached hydrogen (secondary N) is 3. The molecule has 0 spiro atoms. The minimum absolute atomic E-state index is 0.00437. The molecular formula is C28H33N5O4. The van der Waals surface area contributed by atoms with Crippen molar-refractivity contribution < 1.29 is 19.1 Å². The van der Waals surface area contributed by atoms with E-state index in [9.17, 15) is 9.59 Å². The van der Waals surface area contributed by atoms with Gasteiger partial charge >= 0.3 is 12.0 Å². The van der Waals surface area contributed by atoms with Crippen molar-refractivity contribution in [2.45, 2.75) is 24.2 Å².